The van der Waals surface area contributed by atoms with E-state index in [0.29, 0.717) is 5.95 Å². The van der Waals surface area contributed by atoms with Crippen molar-refractivity contribution in [2.45, 2.75) is 38.9 Å². The number of anilines is 1. The Labute approximate surface area is 131 Å². The topological polar surface area (TPSA) is 47.5 Å². The van der Waals surface area contributed by atoms with Gasteiger partial charge in [0.05, 0.1) is 16.7 Å². The number of hydrogen-bond donors (Lipinski definition) is 0. The monoisotopic (exact) mass is 299 g/mol. The fourth-order valence-corrected chi connectivity index (χ4v) is 2.46. The van der Waals surface area contributed by atoms with E-state index in [0.717, 1.165) is 16.4 Å². The zero-order chi connectivity index (χ0) is 16.1. The van der Waals surface area contributed by atoms with Crippen LogP contribution in [0.1, 0.15) is 27.7 Å². The van der Waals surface area contributed by atoms with Gasteiger partial charge in [0.1, 0.15) is 0 Å². The van der Waals surface area contributed by atoms with E-state index in [1.165, 1.54) is 0 Å². The van der Waals surface area contributed by atoms with E-state index in [4.69, 9.17) is 9.31 Å². The third-order valence-electron chi connectivity index (χ3n) is 4.55. The molecule has 1 saturated heterocycles. The Morgan fingerprint density at radius 1 is 1.05 bits per heavy atom. The van der Waals surface area contributed by atoms with Crippen molar-refractivity contribution in [2.75, 3.05) is 19.0 Å². The van der Waals surface area contributed by atoms with Crippen LogP contribution in [0.2, 0.25) is 0 Å². The number of hydrogen-bond acceptors (Lipinski definition) is 5. The first-order valence-electron chi connectivity index (χ1n) is 7.50. The predicted molar refractivity (Wildman–Crippen MR) is 89.6 cm³/mol. The Balaban J connectivity index is 2.06. The normalized spacial score (nSPS) is 19.6. The van der Waals surface area contributed by atoms with E-state index in [-0.39, 0.29) is 11.2 Å². The van der Waals surface area contributed by atoms with Gasteiger partial charge in [-0.3, -0.25) is 0 Å². The molecule has 1 aliphatic rings. The van der Waals surface area contributed by atoms with E-state index in [9.17, 15) is 0 Å². The zero-order valence-corrected chi connectivity index (χ0v) is 14.0. The number of benzene rings is 1. The SMILES string of the molecule is CN(C)c1ncc2c(B3OC(C)(C)C(C)(C)O3)cccc2n1. The van der Waals surface area contributed by atoms with Crippen molar-refractivity contribution in [3.8, 4) is 0 Å². The van der Waals surface area contributed by atoms with Gasteiger partial charge in [0.25, 0.3) is 0 Å². The van der Waals surface area contributed by atoms with Gasteiger partial charge in [-0.25, -0.2) is 9.97 Å². The van der Waals surface area contributed by atoms with E-state index >= 15 is 0 Å². The van der Waals surface area contributed by atoms with Gasteiger partial charge >= 0.3 is 7.12 Å². The molecule has 6 heteroatoms. The Kier molecular flexibility index (Phi) is 3.42. The molecule has 1 fully saturated rings. The summed E-state index contributed by atoms with van der Waals surface area (Å²) in [6, 6.07) is 5.98. The van der Waals surface area contributed by atoms with Gasteiger partial charge in [-0.2, -0.15) is 0 Å². The summed E-state index contributed by atoms with van der Waals surface area (Å²) in [5.41, 5.74) is 1.15. The van der Waals surface area contributed by atoms with E-state index in [1.54, 1.807) is 0 Å². The Bertz CT molecular complexity index is 700. The lowest BCUT2D eigenvalue weighted by atomic mass is 9.77. The molecular weight excluding hydrogens is 277 g/mol. The third-order valence-corrected chi connectivity index (χ3v) is 4.55. The van der Waals surface area contributed by atoms with Crippen LogP contribution in [-0.2, 0) is 9.31 Å². The quantitative estimate of drug-likeness (QED) is 0.794. The number of nitrogens with zero attached hydrogens (tertiary/aromatic N) is 3. The van der Waals surface area contributed by atoms with Gasteiger partial charge in [0.15, 0.2) is 0 Å². The highest BCUT2D eigenvalue weighted by atomic mass is 16.7. The molecule has 1 aromatic carbocycles. The smallest absolute Gasteiger partial charge is 0.399 e. The van der Waals surface area contributed by atoms with E-state index < -0.39 is 7.12 Å². The van der Waals surface area contributed by atoms with Gasteiger partial charge in [-0.1, -0.05) is 12.1 Å². The summed E-state index contributed by atoms with van der Waals surface area (Å²) < 4.78 is 12.3. The highest BCUT2D eigenvalue weighted by molar-refractivity contribution is 6.65. The molecule has 0 atom stereocenters. The van der Waals surface area contributed by atoms with Crippen molar-refractivity contribution < 1.29 is 9.31 Å². The molecule has 0 bridgehead atoms. The highest BCUT2D eigenvalue weighted by Crippen LogP contribution is 2.36. The number of aromatic nitrogens is 2. The molecule has 2 heterocycles. The van der Waals surface area contributed by atoms with Crippen LogP contribution in [0.25, 0.3) is 10.9 Å². The first-order chi connectivity index (χ1) is 10.2. The molecule has 0 saturated carbocycles. The molecule has 2 aromatic rings. The van der Waals surface area contributed by atoms with Crippen LogP contribution < -0.4 is 10.4 Å². The Morgan fingerprint density at radius 3 is 2.27 bits per heavy atom. The second kappa shape index (κ2) is 4.93. The molecule has 0 amide bonds. The molecule has 5 nitrogen and oxygen atoms in total. The zero-order valence-electron chi connectivity index (χ0n) is 14.0. The lowest BCUT2D eigenvalue weighted by Crippen LogP contribution is -2.41. The minimum Gasteiger partial charge on any atom is -0.399 e. The molecule has 0 aliphatic carbocycles. The summed E-state index contributed by atoms with van der Waals surface area (Å²) in [7, 11) is 3.46. The first kappa shape index (κ1) is 15.2. The molecule has 3 rings (SSSR count). The summed E-state index contributed by atoms with van der Waals surface area (Å²) in [4.78, 5) is 10.9. The average molecular weight is 299 g/mol. The lowest BCUT2D eigenvalue weighted by molar-refractivity contribution is 0.00578. The largest absolute Gasteiger partial charge is 0.495 e. The van der Waals surface area contributed by atoms with Crippen molar-refractivity contribution in [1.82, 2.24) is 9.97 Å². The fourth-order valence-electron chi connectivity index (χ4n) is 2.46. The maximum atomic E-state index is 6.15. The van der Waals surface area contributed by atoms with Crippen LogP contribution in [0, 0.1) is 0 Å². The second-order valence-corrected chi connectivity index (χ2v) is 6.93. The molecule has 0 spiro atoms. The molecule has 0 radical (unpaired) electrons. The summed E-state index contributed by atoms with van der Waals surface area (Å²) in [6.45, 7) is 8.22. The summed E-state index contributed by atoms with van der Waals surface area (Å²) >= 11 is 0. The summed E-state index contributed by atoms with van der Waals surface area (Å²) in [5.74, 6) is 0.693. The van der Waals surface area contributed by atoms with Gasteiger partial charge in [-0.05, 0) is 39.2 Å². The Morgan fingerprint density at radius 2 is 1.68 bits per heavy atom. The predicted octanol–water partition coefficient (Wildman–Crippen LogP) is 1.99. The van der Waals surface area contributed by atoms with Crippen LogP contribution in [0.3, 0.4) is 0 Å². The van der Waals surface area contributed by atoms with E-state index in [2.05, 4.69) is 37.7 Å². The first-order valence-corrected chi connectivity index (χ1v) is 7.50. The molecule has 1 aliphatic heterocycles. The molecule has 0 N–H and O–H groups in total. The Hall–Kier alpha value is -1.66. The standard InChI is InChI=1S/C16H22BN3O2/c1-15(2)16(3,4)22-17(21-15)12-8-7-9-13-11(12)10-18-14(19-13)20(5)6/h7-10H,1-6H3. The van der Waals surface area contributed by atoms with Crippen molar-refractivity contribution in [3.05, 3.63) is 24.4 Å². The van der Waals surface area contributed by atoms with Crippen LogP contribution in [0.5, 0.6) is 0 Å². The molecule has 116 valence electrons. The lowest BCUT2D eigenvalue weighted by Gasteiger charge is -2.32. The van der Waals surface area contributed by atoms with Gasteiger partial charge in [-0.15, -0.1) is 0 Å². The van der Waals surface area contributed by atoms with Crippen molar-refractivity contribution in [1.29, 1.82) is 0 Å². The second-order valence-electron chi connectivity index (χ2n) is 6.93. The van der Waals surface area contributed by atoms with Gasteiger partial charge in [0.2, 0.25) is 5.95 Å². The molecule has 1 aromatic heterocycles. The van der Waals surface area contributed by atoms with Crippen LogP contribution in [0.4, 0.5) is 5.95 Å². The van der Waals surface area contributed by atoms with Crippen LogP contribution in [0.15, 0.2) is 24.4 Å². The number of rotatable bonds is 2. The van der Waals surface area contributed by atoms with Crippen LogP contribution in [-0.4, -0.2) is 42.4 Å². The van der Waals surface area contributed by atoms with Gasteiger partial charge < -0.3 is 14.2 Å². The molecule has 22 heavy (non-hydrogen) atoms. The van der Waals surface area contributed by atoms with Gasteiger partial charge in [0, 0.05) is 25.7 Å². The average Bonchev–Trinajstić information content (AvgIpc) is 2.66. The maximum absolute atomic E-state index is 6.15. The summed E-state index contributed by atoms with van der Waals surface area (Å²) in [5, 5.41) is 0.964. The van der Waals surface area contributed by atoms with E-state index in [1.807, 2.05) is 43.4 Å². The number of fused-ring (bicyclic) bond motifs is 1. The third kappa shape index (κ3) is 2.36. The molecule has 0 unspecified atom stereocenters. The maximum Gasteiger partial charge on any atom is 0.495 e. The summed E-state index contributed by atoms with van der Waals surface area (Å²) in [6.07, 6.45) is 1.85. The fraction of sp³-hybridized carbons (Fsp3) is 0.500. The van der Waals surface area contributed by atoms with Crippen molar-refractivity contribution in [3.63, 3.8) is 0 Å². The highest BCUT2D eigenvalue weighted by Gasteiger charge is 2.52. The minimum absolute atomic E-state index is 0.357. The van der Waals surface area contributed by atoms with Crippen molar-refractivity contribution >= 4 is 29.4 Å². The van der Waals surface area contributed by atoms with Crippen LogP contribution >= 0.6 is 0 Å². The minimum atomic E-state index is -0.400. The van der Waals surface area contributed by atoms with Crippen molar-refractivity contribution in [2.24, 2.45) is 0 Å². The molecular formula is C16H22BN3O2.